The number of aryl methyl sites for hydroxylation is 2. The third kappa shape index (κ3) is 3.47. The second-order valence-electron chi connectivity index (χ2n) is 4.78. The molecule has 1 amide bonds. The van der Waals surface area contributed by atoms with Crippen molar-refractivity contribution in [3.05, 3.63) is 23.0 Å². The first-order valence-corrected chi connectivity index (χ1v) is 7.53. The van der Waals surface area contributed by atoms with E-state index in [-0.39, 0.29) is 5.91 Å². The SMILES string of the molecule is CCC[C@H](C#N)NC(=O)c1sc(-c2cnn(C)c2)nc1C. The van der Waals surface area contributed by atoms with Crippen LogP contribution in [0.3, 0.4) is 0 Å². The highest BCUT2D eigenvalue weighted by Crippen LogP contribution is 2.27. The number of carbonyl (C=O) groups excluding carboxylic acids is 1. The zero-order valence-electron chi connectivity index (χ0n) is 12.3. The van der Waals surface area contributed by atoms with Crippen molar-refractivity contribution in [2.24, 2.45) is 7.05 Å². The predicted octanol–water partition coefficient (Wildman–Crippen LogP) is 2.27. The van der Waals surface area contributed by atoms with Crippen LogP contribution < -0.4 is 5.32 Å². The minimum absolute atomic E-state index is 0.236. The molecule has 1 atom stereocenters. The molecule has 0 aliphatic rings. The molecule has 0 fully saturated rings. The summed E-state index contributed by atoms with van der Waals surface area (Å²) in [6.07, 6.45) is 5.07. The number of carbonyl (C=O) groups is 1. The number of hydrogen-bond acceptors (Lipinski definition) is 5. The number of aromatic nitrogens is 3. The maximum atomic E-state index is 12.2. The van der Waals surface area contributed by atoms with Crippen LogP contribution in [0.25, 0.3) is 10.6 Å². The molecule has 0 aliphatic heterocycles. The lowest BCUT2D eigenvalue weighted by Gasteiger charge is -2.09. The Balaban J connectivity index is 2.19. The smallest absolute Gasteiger partial charge is 0.264 e. The Bertz CT molecular complexity index is 682. The van der Waals surface area contributed by atoms with Crippen LogP contribution >= 0.6 is 11.3 Å². The summed E-state index contributed by atoms with van der Waals surface area (Å²) in [5.74, 6) is -0.236. The van der Waals surface area contributed by atoms with Gasteiger partial charge in [-0.05, 0) is 13.3 Å². The van der Waals surface area contributed by atoms with E-state index in [1.807, 2.05) is 20.2 Å². The highest BCUT2D eigenvalue weighted by Gasteiger charge is 2.19. The maximum Gasteiger partial charge on any atom is 0.264 e. The summed E-state index contributed by atoms with van der Waals surface area (Å²) in [7, 11) is 1.83. The van der Waals surface area contributed by atoms with E-state index in [2.05, 4.69) is 21.5 Å². The maximum absolute atomic E-state index is 12.2. The quantitative estimate of drug-likeness (QED) is 0.918. The topological polar surface area (TPSA) is 83.6 Å². The minimum Gasteiger partial charge on any atom is -0.336 e. The first-order valence-electron chi connectivity index (χ1n) is 6.72. The largest absolute Gasteiger partial charge is 0.336 e. The van der Waals surface area contributed by atoms with Crippen molar-refractivity contribution >= 4 is 17.2 Å². The van der Waals surface area contributed by atoms with Crippen LogP contribution in [0, 0.1) is 18.3 Å². The van der Waals surface area contributed by atoms with Gasteiger partial charge >= 0.3 is 0 Å². The lowest BCUT2D eigenvalue weighted by molar-refractivity contribution is 0.0947. The van der Waals surface area contributed by atoms with Gasteiger partial charge in [0.2, 0.25) is 0 Å². The standard InChI is InChI=1S/C14H17N5OS/c1-4-5-11(6-15)18-13(20)12-9(2)17-14(21-12)10-7-16-19(3)8-10/h7-8,11H,4-5H2,1-3H3,(H,18,20)/t11-/m1/s1. The van der Waals surface area contributed by atoms with Gasteiger partial charge in [0.15, 0.2) is 0 Å². The van der Waals surface area contributed by atoms with Crippen LogP contribution in [-0.2, 0) is 7.05 Å². The number of amides is 1. The zero-order valence-corrected chi connectivity index (χ0v) is 13.1. The highest BCUT2D eigenvalue weighted by atomic mass is 32.1. The fraction of sp³-hybridized carbons (Fsp3) is 0.429. The summed E-state index contributed by atoms with van der Waals surface area (Å²) in [4.78, 5) is 17.2. The Morgan fingerprint density at radius 1 is 1.62 bits per heavy atom. The number of nitrogens with one attached hydrogen (secondary N) is 1. The molecule has 0 saturated heterocycles. The van der Waals surface area contributed by atoms with Gasteiger partial charge in [-0.25, -0.2) is 4.98 Å². The Hall–Kier alpha value is -2.20. The number of nitriles is 1. The van der Waals surface area contributed by atoms with Gasteiger partial charge in [0.05, 0.1) is 18.0 Å². The molecular weight excluding hydrogens is 286 g/mol. The van der Waals surface area contributed by atoms with Crippen LogP contribution in [0.4, 0.5) is 0 Å². The van der Waals surface area contributed by atoms with E-state index in [4.69, 9.17) is 5.26 Å². The van der Waals surface area contributed by atoms with Crippen LogP contribution in [0.1, 0.15) is 35.1 Å². The summed E-state index contributed by atoms with van der Waals surface area (Å²) in [6, 6.07) is 1.65. The minimum atomic E-state index is -0.453. The molecule has 21 heavy (non-hydrogen) atoms. The van der Waals surface area contributed by atoms with E-state index in [1.165, 1.54) is 11.3 Å². The van der Waals surface area contributed by atoms with Gasteiger partial charge in [0, 0.05) is 18.8 Å². The molecule has 0 bridgehead atoms. The van der Waals surface area contributed by atoms with Gasteiger partial charge in [0.1, 0.15) is 15.9 Å². The van der Waals surface area contributed by atoms with Crippen molar-refractivity contribution in [3.8, 4) is 16.6 Å². The molecule has 110 valence electrons. The van der Waals surface area contributed by atoms with Gasteiger partial charge in [-0.2, -0.15) is 10.4 Å². The average Bonchev–Trinajstić information content (AvgIpc) is 3.04. The lowest BCUT2D eigenvalue weighted by atomic mass is 10.2. The molecule has 2 rings (SSSR count). The molecule has 2 aromatic heterocycles. The zero-order chi connectivity index (χ0) is 15.4. The van der Waals surface area contributed by atoms with E-state index >= 15 is 0 Å². The van der Waals surface area contributed by atoms with E-state index in [9.17, 15) is 4.79 Å². The van der Waals surface area contributed by atoms with Crippen LogP contribution in [0.2, 0.25) is 0 Å². The van der Waals surface area contributed by atoms with Crippen molar-refractivity contribution in [1.29, 1.82) is 5.26 Å². The first kappa shape index (κ1) is 15.2. The molecule has 6 nitrogen and oxygen atoms in total. The molecular formula is C14H17N5OS. The number of hydrogen-bond donors (Lipinski definition) is 1. The molecule has 7 heteroatoms. The third-order valence-electron chi connectivity index (χ3n) is 2.99. The third-order valence-corrected chi connectivity index (χ3v) is 4.20. The van der Waals surface area contributed by atoms with Gasteiger partial charge in [0.25, 0.3) is 5.91 Å². The fourth-order valence-electron chi connectivity index (χ4n) is 1.94. The van der Waals surface area contributed by atoms with Crippen molar-refractivity contribution in [3.63, 3.8) is 0 Å². The fourth-order valence-corrected chi connectivity index (χ4v) is 2.89. The van der Waals surface area contributed by atoms with Gasteiger partial charge in [-0.15, -0.1) is 11.3 Å². The van der Waals surface area contributed by atoms with Crippen molar-refractivity contribution in [1.82, 2.24) is 20.1 Å². The van der Waals surface area contributed by atoms with E-state index < -0.39 is 6.04 Å². The molecule has 2 heterocycles. The summed E-state index contributed by atoms with van der Waals surface area (Å²) >= 11 is 1.32. The molecule has 0 radical (unpaired) electrons. The molecule has 0 spiro atoms. The highest BCUT2D eigenvalue weighted by molar-refractivity contribution is 7.17. The summed E-state index contributed by atoms with van der Waals surface area (Å²) in [6.45, 7) is 3.78. The van der Waals surface area contributed by atoms with Crippen LogP contribution in [0.5, 0.6) is 0 Å². The molecule has 2 aromatic rings. The van der Waals surface area contributed by atoms with Crippen molar-refractivity contribution in [2.45, 2.75) is 32.7 Å². The van der Waals surface area contributed by atoms with E-state index in [0.29, 0.717) is 17.0 Å². The number of thiazole rings is 1. The average molecular weight is 303 g/mol. The van der Waals surface area contributed by atoms with Crippen LogP contribution in [0.15, 0.2) is 12.4 Å². The number of nitrogens with zero attached hydrogens (tertiary/aromatic N) is 4. The van der Waals surface area contributed by atoms with Crippen molar-refractivity contribution in [2.75, 3.05) is 0 Å². The second kappa shape index (κ2) is 6.50. The Morgan fingerprint density at radius 2 is 2.38 bits per heavy atom. The number of rotatable bonds is 5. The predicted molar refractivity (Wildman–Crippen MR) is 80.8 cm³/mol. The Labute approximate surface area is 127 Å². The van der Waals surface area contributed by atoms with Crippen molar-refractivity contribution < 1.29 is 4.79 Å². The lowest BCUT2D eigenvalue weighted by Crippen LogP contribution is -2.33. The monoisotopic (exact) mass is 303 g/mol. The molecule has 0 unspecified atom stereocenters. The van der Waals surface area contributed by atoms with Gasteiger partial charge in [-0.3, -0.25) is 9.48 Å². The second-order valence-corrected chi connectivity index (χ2v) is 5.78. The summed E-state index contributed by atoms with van der Waals surface area (Å²) in [5.41, 5.74) is 1.56. The summed E-state index contributed by atoms with van der Waals surface area (Å²) < 4.78 is 1.69. The Kier molecular flexibility index (Phi) is 4.70. The Morgan fingerprint density at radius 3 is 2.95 bits per heavy atom. The molecule has 0 aromatic carbocycles. The normalized spacial score (nSPS) is 11.9. The van der Waals surface area contributed by atoms with Gasteiger partial charge in [-0.1, -0.05) is 13.3 Å². The molecule has 0 saturated carbocycles. The molecule has 0 aliphatic carbocycles. The van der Waals surface area contributed by atoms with Gasteiger partial charge < -0.3 is 5.32 Å². The first-order chi connectivity index (χ1) is 10.0. The van der Waals surface area contributed by atoms with E-state index in [0.717, 1.165) is 17.0 Å². The molecule has 1 N–H and O–H groups in total. The summed E-state index contributed by atoms with van der Waals surface area (Å²) in [5, 5.41) is 16.6. The van der Waals surface area contributed by atoms with E-state index in [1.54, 1.807) is 17.8 Å². The van der Waals surface area contributed by atoms with Crippen LogP contribution in [-0.4, -0.2) is 26.7 Å².